The third kappa shape index (κ3) is 5.36. The molecule has 0 saturated heterocycles. The molecule has 1 saturated carbocycles. The second-order valence-electron chi connectivity index (χ2n) is 4.48. The third-order valence-corrected chi connectivity index (χ3v) is 2.77. The van der Waals surface area contributed by atoms with Gasteiger partial charge in [-0.25, -0.2) is 0 Å². The van der Waals surface area contributed by atoms with E-state index in [4.69, 9.17) is 5.11 Å². The van der Waals surface area contributed by atoms with Crippen molar-refractivity contribution >= 4 is 5.91 Å². The zero-order chi connectivity index (χ0) is 13.1. The van der Waals surface area contributed by atoms with Gasteiger partial charge >= 0.3 is 6.18 Å². The van der Waals surface area contributed by atoms with Crippen LogP contribution in [0, 0.1) is 5.92 Å². The molecule has 7 heteroatoms. The summed E-state index contributed by atoms with van der Waals surface area (Å²) in [5.41, 5.74) is 0. The fraction of sp³-hybridized carbons (Fsp3) is 0.900. The first-order valence-corrected chi connectivity index (χ1v) is 5.47. The minimum absolute atomic E-state index is 0.265. The van der Waals surface area contributed by atoms with Gasteiger partial charge in [0.15, 0.2) is 0 Å². The molecule has 0 aromatic rings. The van der Waals surface area contributed by atoms with E-state index in [9.17, 15) is 18.0 Å². The summed E-state index contributed by atoms with van der Waals surface area (Å²) >= 11 is 0. The number of aliphatic hydroxyl groups is 1. The fourth-order valence-electron chi connectivity index (χ4n) is 1.78. The molecular weight excluding hydrogens is 237 g/mol. The number of amides is 1. The van der Waals surface area contributed by atoms with Crippen molar-refractivity contribution in [1.29, 1.82) is 0 Å². The molecule has 0 atom stereocenters. The molecule has 0 aromatic heterocycles. The van der Waals surface area contributed by atoms with Crippen molar-refractivity contribution in [3.8, 4) is 0 Å². The minimum Gasteiger partial charge on any atom is -0.393 e. The smallest absolute Gasteiger partial charge is 0.393 e. The van der Waals surface area contributed by atoms with Gasteiger partial charge in [-0.2, -0.15) is 13.2 Å². The number of nitrogens with zero attached hydrogens (tertiary/aromatic N) is 1. The largest absolute Gasteiger partial charge is 0.401 e. The molecule has 1 fully saturated rings. The number of hydrogen-bond donors (Lipinski definition) is 2. The van der Waals surface area contributed by atoms with Crippen LogP contribution in [0.3, 0.4) is 0 Å². The minimum atomic E-state index is -4.29. The molecule has 1 amide bonds. The van der Waals surface area contributed by atoms with Gasteiger partial charge in [0.2, 0.25) is 5.91 Å². The number of likely N-dealkylation sites (N-methyl/N-ethyl adjacent to an activating group) is 1. The summed E-state index contributed by atoms with van der Waals surface area (Å²) in [5.74, 6) is -0.0998. The van der Waals surface area contributed by atoms with Crippen LogP contribution in [-0.2, 0) is 4.79 Å². The summed E-state index contributed by atoms with van der Waals surface area (Å²) in [4.78, 5) is 12.8. The van der Waals surface area contributed by atoms with Crippen LogP contribution in [0.5, 0.6) is 0 Å². The van der Waals surface area contributed by atoms with Crippen LogP contribution in [0.2, 0.25) is 0 Å². The van der Waals surface area contributed by atoms with E-state index in [0.29, 0.717) is 19.4 Å². The quantitative estimate of drug-likeness (QED) is 0.745. The van der Waals surface area contributed by atoms with Crippen molar-refractivity contribution in [3.05, 3.63) is 0 Å². The van der Waals surface area contributed by atoms with Crippen molar-refractivity contribution in [1.82, 2.24) is 10.2 Å². The summed E-state index contributed by atoms with van der Waals surface area (Å²) in [7, 11) is 1.56. The molecule has 1 aliphatic rings. The van der Waals surface area contributed by atoms with Crippen LogP contribution in [0.1, 0.15) is 12.8 Å². The Hall–Kier alpha value is -0.820. The van der Waals surface area contributed by atoms with E-state index in [1.807, 2.05) is 0 Å². The molecule has 0 radical (unpaired) electrons. The van der Waals surface area contributed by atoms with Gasteiger partial charge in [0.1, 0.15) is 0 Å². The number of hydrogen-bond acceptors (Lipinski definition) is 3. The van der Waals surface area contributed by atoms with Crippen molar-refractivity contribution < 1.29 is 23.1 Å². The molecule has 2 N–H and O–H groups in total. The summed E-state index contributed by atoms with van der Waals surface area (Å²) in [5, 5.41) is 11.1. The molecule has 0 aliphatic heterocycles. The SMILES string of the molecule is CN(CC1CC(O)C1)C(=O)CNCC(F)(F)F. The normalized spacial score (nSPS) is 24.3. The summed E-state index contributed by atoms with van der Waals surface area (Å²) in [6.45, 7) is -0.983. The molecule has 1 aliphatic carbocycles. The van der Waals surface area contributed by atoms with Crippen LogP contribution in [0.25, 0.3) is 0 Å². The van der Waals surface area contributed by atoms with Gasteiger partial charge in [0.05, 0.1) is 19.2 Å². The summed E-state index contributed by atoms with van der Waals surface area (Å²) in [6.07, 6.45) is -3.26. The van der Waals surface area contributed by atoms with Crippen molar-refractivity contribution in [2.24, 2.45) is 5.92 Å². The molecule has 4 nitrogen and oxygen atoms in total. The van der Waals surface area contributed by atoms with E-state index in [0.717, 1.165) is 0 Å². The number of aliphatic hydroxyl groups excluding tert-OH is 1. The lowest BCUT2D eigenvalue weighted by Gasteiger charge is -2.34. The van der Waals surface area contributed by atoms with Gasteiger partial charge in [-0.1, -0.05) is 0 Å². The standard InChI is InChI=1S/C10H17F3N2O2/c1-15(5-7-2-8(16)3-7)9(17)4-14-6-10(11,12)13/h7-8,14,16H,2-6H2,1H3. The van der Waals surface area contributed by atoms with Gasteiger partial charge in [0.25, 0.3) is 0 Å². The Labute approximate surface area is 97.8 Å². The van der Waals surface area contributed by atoms with Crippen LogP contribution in [-0.4, -0.2) is 54.9 Å². The second kappa shape index (κ2) is 5.68. The molecule has 0 heterocycles. The van der Waals surface area contributed by atoms with E-state index in [2.05, 4.69) is 5.32 Å². The lowest BCUT2D eigenvalue weighted by atomic mass is 9.82. The zero-order valence-corrected chi connectivity index (χ0v) is 9.63. The van der Waals surface area contributed by atoms with Gasteiger partial charge in [-0.3, -0.25) is 4.79 Å². The third-order valence-electron chi connectivity index (χ3n) is 2.77. The average molecular weight is 254 g/mol. The Morgan fingerprint density at radius 2 is 2.06 bits per heavy atom. The Morgan fingerprint density at radius 1 is 1.47 bits per heavy atom. The molecule has 0 spiro atoms. The first kappa shape index (κ1) is 14.2. The Bertz CT molecular complexity index is 265. The van der Waals surface area contributed by atoms with Gasteiger partial charge in [0, 0.05) is 13.6 Å². The Morgan fingerprint density at radius 3 is 2.53 bits per heavy atom. The highest BCUT2D eigenvalue weighted by Crippen LogP contribution is 2.27. The lowest BCUT2D eigenvalue weighted by Crippen LogP contribution is -2.43. The highest BCUT2D eigenvalue weighted by molar-refractivity contribution is 5.77. The lowest BCUT2D eigenvalue weighted by molar-refractivity contribution is -0.134. The number of alkyl halides is 3. The predicted octanol–water partition coefficient (Wildman–Crippen LogP) is 0.368. The van der Waals surface area contributed by atoms with E-state index in [-0.39, 0.29) is 24.5 Å². The highest BCUT2D eigenvalue weighted by Gasteiger charge is 2.30. The van der Waals surface area contributed by atoms with Gasteiger partial charge < -0.3 is 15.3 Å². The maximum absolute atomic E-state index is 11.8. The maximum Gasteiger partial charge on any atom is 0.401 e. The summed E-state index contributed by atoms with van der Waals surface area (Å²) < 4.78 is 35.4. The number of halogens is 3. The van der Waals surface area contributed by atoms with E-state index >= 15 is 0 Å². The maximum atomic E-state index is 11.8. The first-order chi connectivity index (χ1) is 7.78. The van der Waals surface area contributed by atoms with E-state index < -0.39 is 12.7 Å². The first-order valence-electron chi connectivity index (χ1n) is 5.47. The molecule has 0 bridgehead atoms. The predicted molar refractivity (Wildman–Crippen MR) is 55.3 cm³/mol. The number of rotatable bonds is 5. The molecule has 1 rings (SSSR count). The number of carbonyl (C=O) groups excluding carboxylic acids is 1. The van der Waals surface area contributed by atoms with Crippen LogP contribution in [0.4, 0.5) is 13.2 Å². The second-order valence-corrected chi connectivity index (χ2v) is 4.48. The summed E-state index contributed by atoms with van der Waals surface area (Å²) in [6, 6.07) is 0. The van der Waals surface area contributed by atoms with Gasteiger partial charge in [-0.15, -0.1) is 0 Å². The number of nitrogens with one attached hydrogen (secondary N) is 1. The molecule has 0 aromatic carbocycles. The Balaban J connectivity index is 2.14. The molecule has 100 valence electrons. The van der Waals surface area contributed by atoms with Crippen LogP contribution in [0.15, 0.2) is 0 Å². The van der Waals surface area contributed by atoms with Crippen molar-refractivity contribution in [2.45, 2.75) is 25.1 Å². The topological polar surface area (TPSA) is 52.6 Å². The fourth-order valence-corrected chi connectivity index (χ4v) is 1.78. The molecular formula is C10H17F3N2O2. The van der Waals surface area contributed by atoms with Crippen LogP contribution >= 0.6 is 0 Å². The Kier molecular flexibility index (Phi) is 4.76. The van der Waals surface area contributed by atoms with Gasteiger partial charge in [-0.05, 0) is 18.8 Å². The highest BCUT2D eigenvalue weighted by atomic mass is 19.4. The zero-order valence-electron chi connectivity index (χ0n) is 9.63. The van der Waals surface area contributed by atoms with E-state index in [1.165, 1.54) is 4.90 Å². The van der Waals surface area contributed by atoms with E-state index in [1.54, 1.807) is 7.05 Å². The molecule has 0 unspecified atom stereocenters. The van der Waals surface area contributed by atoms with Crippen molar-refractivity contribution in [3.63, 3.8) is 0 Å². The monoisotopic (exact) mass is 254 g/mol. The van der Waals surface area contributed by atoms with Crippen molar-refractivity contribution in [2.75, 3.05) is 26.7 Å². The van der Waals surface area contributed by atoms with Crippen LogP contribution < -0.4 is 5.32 Å². The number of carbonyl (C=O) groups is 1. The molecule has 17 heavy (non-hydrogen) atoms. The average Bonchev–Trinajstić information content (AvgIpc) is 2.13.